The van der Waals surface area contributed by atoms with Crippen molar-refractivity contribution in [3.05, 3.63) is 95.4 Å². The quantitative estimate of drug-likeness (QED) is 0.252. The lowest BCUT2D eigenvalue weighted by atomic mass is 9.99. The predicted octanol–water partition coefficient (Wildman–Crippen LogP) is 7.49. The molecule has 5 rings (SSSR count). The molecule has 0 saturated carbocycles. The summed E-state index contributed by atoms with van der Waals surface area (Å²) in [7, 11) is 1.58. The number of nitrogens with zero attached hydrogens (tertiary/aromatic N) is 1. The van der Waals surface area contributed by atoms with Gasteiger partial charge in [0.1, 0.15) is 15.5 Å². The number of alkyl halides is 3. The van der Waals surface area contributed by atoms with E-state index in [1.54, 1.807) is 7.11 Å². The van der Waals surface area contributed by atoms with Crippen molar-refractivity contribution in [2.24, 2.45) is 0 Å². The van der Waals surface area contributed by atoms with Crippen molar-refractivity contribution in [3.63, 3.8) is 0 Å². The monoisotopic (exact) mass is 519 g/mol. The Labute approximate surface area is 214 Å². The molecule has 0 spiro atoms. The first-order valence-electron chi connectivity index (χ1n) is 11.2. The van der Waals surface area contributed by atoms with Crippen molar-refractivity contribution in [1.82, 2.24) is 4.98 Å². The molecule has 5 aromatic rings. The number of amides is 1. The molecule has 2 heterocycles. The van der Waals surface area contributed by atoms with Crippen LogP contribution in [0.5, 0.6) is 5.75 Å². The zero-order valence-electron chi connectivity index (χ0n) is 19.5. The molecule has 0 aliphatic rings. The average molecular weight is 520 g/mol. The molecule has 3 aromatic carbocycles. The van der Waals surface area contributed by atoms with E-state index < -0.39 is 17.6 Å². The number of ether oxygens (including phenoxy) is 1. The lowest BCUT2D eigenvalue weighted by molar-refractivity contribution is -0.137. The molecule has 186 valence electrons. The minimum Gasteiger partial charge on any atom is -0.497 e. The van der Waals surface area contributed by atoms with Crippen LogP contribution in [0.4, 0.5) is 24.5 Å². The van der Waals surface area contributed by atoms with Crippen LogP contribution in [-0.4, -0.2) is 18.0 Å². The number of anilines is 2. The Kier molecular flexibility index (Phi) is 6.31. The summed E-state index contributed by atoms with van der Waals surface area (Å²) in [4.78, 5) is 18.6. The number of aromatic nitrogens is 1. The summed E-state index contributed by atoms with van der Waals surface area (Å²) in [6.07, 6.45) is -4.53. The SMILES string of the molecule is COc1ccc(-c2cc(-c3ccccc3)nc3sc(C(=O)Nc4cccc(C(F)(F)F)c4)c(N)c23)cc1. The molecule has 3 N–H and O–H groups in total. The molecule has 5 nitrogen and oxygen atoms in total. The average Bonchev–Trinajstić information content (AvgIpc) is 3.25. The number of methoxy groups -OCH3 is 1. The van der Waals surface area contributed by atoms with Crippen molar-refractivity contribution >= 4 is 38.8 Å². The first-order valence-corrected chi connectivity index (χ1v) is 12.0. The minimum atomic E-state index is -4.53. The molecule has 9 heteroatoms. The Balaban J connectivity index is 1.62. The Hall–Kier alpha value is -4.37. The van der Waals surface area contributed by atoms with Gasteiger partial charge in [0.25, 0.3) is 5.91 Å². The minimum absolute atomic E-state index is 0.0185. The van der Waals surface area contributed by atoms with Gasteiger partial charge in [0, 0.05) is 16.6 Å². The summed E-state index contributed by atoms with van der Waals surface area (Å²) in [6, 6.07) is 23.4. The lowest BCUT2D eigenvalue weighted by Crippen LogP contribution is -2.13. The number of hydrogen-bond donors (Lipinski definition) is 2. The summed E-state index contributed by atoms with van der Waals surface area (Å²) < 4.78 is 44.6. The smallest absolute Gasteiger partial charge is 0.416 e. The topological polar surface area (TPSA) is 77.2 Å². The maximum absolute atomic E-state index is 13.1. The maximum atomic E-state index is 13.1. The molecule has 0 atom stereocenters. The number of carbonyl (C=O) groups is 1. The fourth-order valence-electron chi connectivity index (χ4n) is 4.01. The van der Waals surface area contributed by atoms with E-state index in [1.165, 1.54) is 12.1 Å². The second-order valence-corrected chi connectivity index (χ2v) is 9.21. The molecular weight excluding hydrogens is 499 g/mol. The Bertz CT molecular complexity index is 1600. The number of rotatable bonds is 5. The van der Waals surface area contributed by atoms with Crippen LogP contribution >= 0.6 is 11.3 Å². The second-order valence-electron chi connectivity index (χ2n) is 8.21. The van der Waals surface area contributed by atoms with Crippen LogP contribution in [0.1, 0.15) is 15.2 Å². The number of carbonyl (C=O) groups excluding carboxylic acids is 1. The fourth-order valence-corrected chi connectivity index (χ4v) is 5.02. The number of thiophene rings is 1. The van der Waals surface area contributed by atoms with Crippen LogP contribution in [0.25, 0.3) is 32.6 Å². The predicted molar refractivity (Wildman–Crippen MR) is 141 cm³/mol. The van der Waals surface area contributed by atoms with Gasteiger partial charge in [-0.2, -0.15) is 13.2 Å². The van der Waals surface area contributed by atoms with Gasteiger partial charge >= 0.3 is 6.18 Å². The summed E-state index contributed by atoms with van der Waals surface area (Å²) in [5, 5.41) is 3.14. The highest BCUT2D eigenvalue weighted by molar-refractivity contribution is 7.21. The first-order chi connectivity index (χ1) is 17.7. The molecule has 0 fully saturated rings. The van der Waals surface area contributed by atoms with Crippen LogP contribution in [0.3, 0.4) is 0 Å². The largest absolute Gasteiger partial charge is 0.497 e. The number of pyridine rings is 1. The number of halogens is 3. The highest BCUT2D eigenvalue weighted by Gasteiger charge is 2.30. The van der Waals surface area contributed by atoms with Crippen molar-refractivity contribution in [3.8, 4) is 28.1 Å². The number of hydrogen-bond acceptors (Lipinski definition) is 5. The molecule has 37 heavy (non-hydrogen) atoms. The molecule has 1 amide bonds. The van der Waals surface area contributed by atoms with Gasteiger partial charge in [-0.05, 0) is 47.5 Å². The normalized spacial score (nSPS) is 11.5. The Morgan fingerprint density at radius 1 is 0.946 bits per heavy atom. The highest BCUT2D eigenvalue weighted by Crippen LogP contribution is 2.42. The van der Waals surface area contributed by atoms with Crippen LogP contribution < -0.4 is 15.8 Å². The van der Waals surface area contributed by atoms with E-state index in [1.807, 2.05) is 60.7 Å². The van der Waals surface area contributed by atoms with E-state index >= 15 is 0 Å². The van der Waals surface area contributed by atoms with Crippen molar-refractivity contribution < 1.29 is 22.7 Å². The van der Waals surface area contributed by atoms with Crippen LogP contribution in [0, 0.1) is 0 Å². The van der Waals surface area contributed by atoms with E-state index in [4.69, 9.17) is 15.5 Å². The van der Waals surface area contributed by atoms with Crippen LogP contribution in [0.2, 0.25) is 0 Å². The van der Waals surface area contributed by atoms with Crippen molar-refractivity contribution in [2.45, 2.75) is 6.18 Å². The zero-order chi connectivity index (χ0) is 26.2. The molecular formula is C28H20F3N3O2S. The Morgan fingerprint density at radius 2 is 1.68 bits per heavy atom. The van der Waals surface area contributed by atoms with Gasteiger partial charge in [0.15, 0.2) is 0 Å². The second kappa shape index (κ2) is 9.59. The molecule has 0 saturated heterocycles. The van der Waals surface area contributed by atoms with E-state index in [9.17, 15) is 18.0 Å². The molecule has 0 aliphatic carbocycles. The summed E-state index contributed by atoms with van der Waals surface area (Å²) in [5.74, 6) is 0.0820. The lowest BCUT2D eigenvalue weighted by Gasteiger charge is -2.10. The highest BCUT2D eigenvalue weighted by atomic mass is 32.1. The van der Waals surface area contributed by atoms with Gasteiger partial charge < -0.3 is 15.8 Å². The molecule has 0 bridgehead atoms. The van der Waals surface area contributed by atoms with Gasteiger partial charge in [-0.1, -0.05) is 48.5 Å². The van der Waals surface area contributed by atoms with Gasteiger partial charge in [-0.25, -0.2) is 4.98 Å². The summed E-state index contributed by atoms with van der Waals surface area (Å²) in [6.45, 7) is 0. The molecule has 2 aromatic heterocycles. The maximum Gasteiger partial charge on any atom is 0.416 e. The zero-order valence-corrected chi connectivity index (χ0v) is 20.3. The number of benzene rings is 3. The Morgan fingerprint density at radius 3 is 2.35 bits per heavy atom. The fraction of sp³-hybridized carbons (Fsp3) is 0.0714. The third-order valence-electron chi connectivity index (χ3n) is 5.82. The number of nitrogen functional groups attached to an aromatic ring is 1. The van der Waals surface area contributed by atoms with Crippen molar-refractivity contribution in [1.29, 1.82) is 0 Å². The third kappa shape index (κ3) is 4.85. The van der Waals surface area contributed by atoms with E-state index in [-0.39, 0.29) is 16.3 Å². The van der Waals surface area contributed by atoms with Gasteiger partial charge in [-0.3, -0.25) is 4.79 Å². The van der Waals surface area contributed by atoms with Gasteiger partial charge in [0.05, 0.1) is 24.1 Å². The summed E-state index contributed by atoms with van der Waals surface area (Å²) >= 11 is 1.09. The van der Waals surface area contributed by atoms with Crippen LogP contribution in [0.15, 0.2) is 84.9 Å². The summed E-state index contributed by atoms with van der Waals surface area (Å²) in [5.41, 5.74) is 9.07. The van der Waals surface area contributed by atoms with Crippen LogP contribution in [-0.2, 0) is 6.18 Å². The van der Waals surface area contributed by atoms with E-state index in [2.05, 4.69) is 5.32 Å². The number of nitrogens with two attached hydrogens (primary N) is 1. The number of nitrogens with one attached hydrogen (secondary N) is 1. The van der Waals surface area contributed by atoms with E-state index in [0.29, 0.717) is 21.7 Å². The number of fused-ring (bicyclic) bond motifs is 1. The van der Waals surface area contributed by atoms with Crippen molar-refractivity contribution in [2.75, 3.05) is 18.2 Å². The van der Waals surface area contributed by atoms with Gasteiger partial charge in [0.2, 0.25) is 0 Å². The molecule has 0 unspecified atom stereocenters. The molecule has 0 radical (unpaired) electrons. The van der Waals surface area contributed by atoms with E-state index in [0.717, 1.165) is 40.2 Å². The third-order valence-corrected chi connectivity index (χ3v) is 6.92. The molecule has 0 aliphatic heterocycles. The standard InChI is InChI=1S/C28H20F3N3O2S/c1-36-20-12-10-16(11-13-20)21-15-22(17-6-3-2-4-7-17)34-27-23(21)24(32)25(37-27)26(35)33-19-9-5-8-18(14-19)28(29,30)31/h2-15H,32H2,1H3,(H,33,35). The first kappa shape index (κ1) is 24.3. The van der Waals surface area contributed by atoms with Gasteiger partial charge in [-0.15, -0.1) is 11.3 Å².